The molecule has 0 aliphatic heterocycles. The van der Waals surface area contributed by atoms with Crippen LogP contribution < -0.4 is 0 Å². The van der Waals surface area contributed by atoms with Gasteiger partial charge in [0.05, 0.1) is 0 Å². The van der Waals surface area contributed by atoms with Gasteiger partial charge in [-0.3, -0.25) is 0 Å². The molecular formula is C13H14O3. The Morgan fingerprint density at radius 3 is 2.81 bits per heavy atom. The van der Waals surface area contributed by atoms with Gasteiger partial charge in [0, 0.05) is 6.42 Å². The van der Waals surface area contributed by atoms with Crippen molar-refractivity contribution in [3.63, 3.8) is 0 Å². The van der Waals surface area contributed by atoms with Crippen LogP contribution in [0.4, 0.5) is 0 Å². The van der Waals surface area contributed by atoms with E-state index in [1.165, 1.54) is 6.07 Å². The monoisotopic (exact) mass is 218 g/mol. The third-order valence-electron chi connectivity index (χ3n) is 2.62. The maximum atomic E-state index is 11.7. The molecule has 0 saturated carbocycles. The first-order valence-electron chi connectivity index (χ1n) is 5.41. The van der Waals surface area contributed by atoms with Crippen molar-refractivity contribution in [1.82, 2.24) is 0 Å². The van der Waals surface area contributed by atoms with E-state index < -0.39 is 5.97 Å². The summed E-state index contributed by atoms with van der Waals surface area (Å²) in [6, 6.07) is 6.43. The minimum atomic E-state index is -0.446. The summed E-state index contributed by atoms with van der Waals surface area (Å²) in [6.45, 7) is 0. The molecule has 1 aliphatic carbocycles. The molecule has 0 heterocycles. The number of ether oxygens (including phenoxy) is 1. The van der Waals surface area contributed by atoms with E-state index in [-0.39, 0.29) is 17.4 Å². The van der Waals surface area contributed by atoms with Crippen LogP contribution in [0.3, 0.4) is 0 Å². The largest absolute Gasteiger partial charge is 0.507 e. The molecule has 0 saturated heterocycles. The first-order valence-corrected chi connectivity index (χ1v) is 5.41. The van der Waals surface area contributed by atoms with Crippen molar-refractivity contribution in [2.24, 2.45) is 0 Å². The number of carbonyl (C=O) groups is 1. The molecule has 84 valence electrons. The number of phenols is 1. The molecule has 1 unspecified atom stereocenters. The number of hydrogen-bond acceptors (Lipinski definition) is 3. The van der Waals surface area contributed by atoms with Crippen molar-refractivity contribution in [3.05, 3.63) is 42.0 Å². The molecule has 3 heteroatoms. The van der Waals surface area contributed by atoms with Crippen molar-refractivity contribution in [3.8, 4) is 5.75 Å². The molecule has 2 rings (SSSR count). The first kappa shape index (κ1) is 10.7. The highest BCUT2D eigenvalue weighted by Crippen LogP contribution is 2.20. The number of allylic oxidation sites excluding steroid dienone is 1. The first-order chi connectivity index (χ1) is 7.77. The lowest BCUT2D eigenvalue weighted by molar-refractivity contribution is 0.0279. The lowest BCUT2D eigenvalue weighted by Crippen LogP contribution is -2.19. The van der Waals surface area contributed by atoms with Crippen LogP contribution in [0.15, 0.2) is 36.4 Å². The van der Waals surface area contributed by atoms with Crippen molar-refractivity contribution in [1.29, 1.82) is 0 Å². The van der Waals surface area contributed by atoms with E-state index in [2.05, 4.69) is 6.08 Å². The summed E-state index contributed by atoms with van der Waals surface area (Å²) < 4.78 is 5.31. The number of phenolic OH excluding ortho intramolecular Hbond substituents is 1. The number of benzene rings is 1. The minimum absolute atomic E-state index is 0.0288. The predicted molar refractivity (Wildman–Crippen MR) is 60.3 cm³/mol. The lowest BCUT2D eigenvalue weighted by atomic mass is 10.0. The zero-order valence-corrected chi connectivity index (χ0v) is 8.93. The van der Waals surface area contributed by atoms with Gasteiger partial charge in [0.15, 0.2) is 0 Å². The van der Waals surface area contributed by atoms with Crippen molar-refractivity contribution in [2.75, 3.05) is 0 Å². The molecule has 1 aromatic carbocycles. The number of para-hydroxylation sites is 1. The van der Waals surface area contributed by atoms with Gasteiger partial charge in [-0.05, 0) is 25.0 Å². The van der Waals surface area contributed by atoms with Crippen LogP contribution in [-0.2, 0) is 4.74 Å². The Morgan fingerprint density at radius 2 is 2.12 bits per heavy atom. The maximum absolute atomic E-state index is 11.7. The third kappa shape index (κ3) is 2.42. The van der Waals surface area contributed by atoms with Crippen LogP contribution >= 0.6 is 0 Å². The van der Waals surface area contributed by atoms with Crippen LogP contribution in [0.25, 0.3) is 0 Å². The van der Waals surface area contributed by atoms with E-state index in [1.807, 2.05) is 6.08 Å². The smallest absolute Gasteiger partial charge is 0.342 e. The minimum Gasteiger partial charge on any atom is -0.507 e. The Kier molecular flexibility index (Phi) is 3.25. The summed E-state index contributed by atoms with van der Waals surface area (Å²) in [7, 11) is 0. The van der Waals surface area contributed by atoms with E-state index in [9.17, 15) is 9.90 Å². The van der Waals surface area contributed by atoms with Gasteiger partial charge in [0.25, 0.3) is 0 Å². The fraction of sp³-hybridized carbons (Fsp3) is 0.308. The van der Waals surface area contributed by atoms with Crippen molar-refractivity contribution in [2.45, 2.75) is 25.4 Å². The van der Waals surface area contributed by atoms with Gasteiger partial charge < -0.3 is 9.84 Å². The number of carbonyl (C=O) groups excluding carboxylic acids is 1. The molecular weight excluding hydrogens is 204 g/mol. The van der Waals surface area contributed by atoms with Gasteiger partial charge in [0.2, 0.25) is 0 Å². The predicted octanol–water partition coefficient (Wildman–Crippen LogP) is 2.66. The van der Waals surface area contributed by atoms with Gasteiger partial charge >= 0.3 is 5.97 Å². The molecule has 0 spiro atoms. The highest BCUT2D eigenvalue weighted by atomic mass is 16.5. The SMILES string of the molecule is O=C(OC1CC=CCC1)c1ccccc1O. The second-order valence-electron chi connectivity index (χ2n) is 3.83. The molecule has 1 aliphatic rings. The van der Waals surface area contributed by atoms with E-state index in [1.54, 1.807) is 18.2 Å². The zero-order chi connectivity index (χ0) is 11.4. The summed E-state index contributed by atoms with van der Waals surface area (Å²) in [5.74, 6) is -0.475. The van der Waals surface area contributed by atoms with Gasteiger partial charge in [0.1, 0.15) is 17.4 Å². The van der Waals surface area contributed by atoms with Gasteiger partial charge in [-0.25, -0.2) is 4.79 Å². The maximum Gasteiger partial charge on any atom is 0.342 e. The summed E-state index contributed by atoms with van der Waals surface area (Å²) in [6.07, 6.45) is 6.61. The third-order valence-corrected chi connectivity index (χ3v) is 2.62. The average Bonchev–Trinajstić information content (AvgIpc) is 2.31. The van der Waals surface area contributed by atoms with Crippen LogP contribution in [0.5, 0.6) is 5.75 Å². The molecule has 0 fully saturated rings. The number of rotatable bonds is 2. The summed E-state index contributed by atoms with van der Waals surface area (Å²) in [5.41, 5.74) is 0.233. The fourth-order valence-corrected chi connectivity index (χ4v) is 1.73. The molecule has 0 bridgehead atoms. The number of hydrogen-bond donors (Lipinski definition) is 1. The average molecular weight is 218 g/mol. The Balaban J connectivity index is 2.03. The van der Waals surface area contributed by atoms with Crippen LogP contribution in [0, 0.1) is 0 Å². The summed E-state index contributed by atoms with van der Waals surface area (Å²) in [5, 5.41) is 9.50. The molecule has 0 amide bonds. The Bertz CT molecular complexity index is 409. The van der Waals surface area contributed by atoms with E-state index >= 15 is 0 Å². The highest BCUT2D eigenvalue weighted by Gasteiger charge is 2.18. The van der Waals surface area contributed by atoms with Crippen molar-refractivity contribution < 1.29 is 14.6 Å². The zero-order valence-electron chi connectivity index (χ0n) is 8.93. The second kappa shape index (κ2) is 4.84. The Labute approximate surface area is 94.4 Å². The lowest BCUT2D eigenvalue weighted by Gasteiger charge is -2.18. The van der Waals surface area contributed by atoms with Crippen LogP contribution in [-0.4, -0.2) is 17.2 Å². The standard InChI is InChI=1S/C13H14O3/c14-12-9-5-4-8-11(12)13(15)16-10-6-2-1-3-7-10/h1-2,4-5,8-10,14H,3,6-7H2. The molecule has 16 heavy (non-hydrogen) atoms. The van der Waals surface area contributed by atoms with Crippen LogP contribution in [0.1, 0.15) is 29.6 Å². The normalized spacial score (nSPS) is 19.4. The topological polar surface area (TPSA) is 46.5 Å². The van der Waals surface area contributed by atoms with Gasteiger partial charge in [-0.15, -0.1) is 0 Å². The van der Waals surface area contributed by atoms with E-state index in [0.29, 0.717) is 0 Å². The Morgan fingerprint density at radius 1 is 1.31 bits per heavy atom. The second-order valence-corrected chi connectivity index (χ2v) is 3.83. The molecule has 1 aromatic rings. The summed E-state index contributed by atoms with van der Waals surface area (Å²) in [4.78, 5) is 11.7. The number of esters is 1. The Hall–Kier alpha value is -1.77. The van der Waals surface area contributed by atoms with Crippen molar-refractivity contribution >= 4 is 5.97 Å². The molecule has 1 N–H and O–H groups in total. The van der Waals surface area contributed by atoms with Crippen LogP contribution in [0.2, 0.25) is 0 Å². The van der Waals surface area contributed by atoms with E-state index in [0.717, 1.165) is 19.3 Å². The highest BCUT2D eigenvalue weighted by molar-refractivity contribution is 5.92. The van der Waals surface area contributed by atoms with E-state index in [4.69, 9.17) is 4.74 Å². The molecule has 1 atom stereocenters. The summed E-state index contributed by atoms with van der Waals surface area (Å²) >= 11 is 0. The number of aromatic hydroxyl groups is 1. The fourth-order valence-electron chi connectivity index (χ4n) is 1.73. The van der Waals surface area contributed by atoms with Gasteiger partial charge in [-0.1, -0.05) is 24.3 Å². The molecule has 0 radical (unpaired) electrons. The molecule has 3 nitrogen and oxygen atoms in total. The molecule has 0 aromatic heterocycles. The quantitative estimate of drug-likeness (QED) is 0.613. The van der Waals surface area contributed by atoms with Gasteiger partial charge in [-0.2, -0.15) is 0 Å².